The van der Waals surface area contributed by atoms with Crippen LogP contribution in [0.4, 0.5) is 0 Å². The summed E-state index contributed by atoms with van der Waals surface area (Å²) in [5, 5.41) is 9.04. The van der Waals surface area contributed by atoms with Gasteiger partial charge in [-0.25, -0.2) is 13.1 Å². The van der Waals surface area contributed by atoms with Crippen molar-refractivity contribution in [2.45, 2.75) is 39.2 Å². The zero-order chi connectivity index (χ0) is 14.7. The maximum absolute atomic E-state index is 12.1. The summed E-state index contributed by atoms with van der Waals surface area (Å²) in [4.78, 5) is 0.195. The number of benzene rings is 1. The van der Waals surface area contributed by atoms with Crippen molar-refractivity contribution in [2.24, 2.45) is 11.3 Å². The average molecular weight is 285 g/mol. The van der Waals surface area contributed by atoms with Crippen LogP contribution in [0.1, 0.15) is 33.3 Å². The smallest absolute Gasteiger partial charge is 0.240 e. The Morgan fingerprint density at radius 1 is 1.32 bits per heavy atom. The number of rotatable bonds is 5. The highest BCUT2D eigenvalue weighted by Gasteiger charge is 2.22. The molecule has 19 heavy (non-hydrogen) atoms. The predicted molar refractivity (Wildman–Crippen MR) is 76.2 cm³/mol. The van der Waals surface area contributed by atoms with Gasteiger partial charge in [-0.15, -0.1) is 0 Å². The summed E-state index contributed by atoms with van der Waals surface area (Å²) >= 11 is 0. The second kappa shape index (κ2) is 6.03. The summed E-state index contributed by atoms with van der Waals surface area (Å²) in [6.45, 7) is 8.50. The summed E-state index contributed by atoms with van der Waals surface area (Å²) in [6.07, 6.45) is 0. The predicted octanol–water partition coefficient (Wildman–Crippen LogP) is 2.14. The van der Waals surface area contributed by atoms with Gasteiger partial charge in [0.1, 0.15) is 0 Å². The lowest BCUT2D eigenvalue weighted by molar-refractivity contribution is 0.263. The van der Waals surface area contributed by atoms with Crippen molar-refractivity contribution in [1.82, 2.24) is 4.72 Å². The summed E-state index contributed by atoms with van der Waals surface area (Å²) < 4.78 is 26.9. The number of hydrogen-bond acceptors (Lipinski definition) is 3. The van der Waals surface area contributed by atoms with Crippen molar-refractivity contribution < 1.29 is 13.5 Å². The first-order chi connectivity index (χ1) is 8.66. The molecule has 0 aliphatic rings. The van der Waals surface area contributed by atoms with Crippen molar-refractivity contribution in [3.05, 3.63) is 29.8 Å². The van der Waals surface area contributed by atoms with Gasteiger partial charge in [0.25, 0.3) is 0 Å². The molecule has 0 aromatic heterocycles. The van der Waals surface area contributed by atoms with E-state index >= 15 is 0 Å². The lowest BCUT2D eigenvalue weighted by Crippen LogP contribution is -2.33. The highest BCUT2D eigenvalue weighted by atomic mass is 32.2. The van der Waals surface area contributed by atoms with Crippen LogP contribution < -0.4 is 4.72 Å². The van der Waals surface area contributed by atoms with E-state index < -0.39 is 10.0 Å². The van der Waals surface area contributed by atoms with E-state index in [9.17, 15) is 8.42 Å². The van der Waals surface area contributed by atoms with Gasteiger partial charge in [0.15, 0.2) is 0 Å². The topological polar surface area (TPSA) is 66.4 Å². The first kappa shape index (κ1) is 16.1. The molecular weight excluding hydrogens is 262 g/mol. The van der Waals surface area contributed by atoms with Crippen LogP contribution in [0.3, 0.4) is 0 Å². The van der Waals surface area contributed by atoms with Gasteiger partial charge in [0.05, 0.1) is 11.5 Å². The van der Waals surface area contributed by atoms with Crippen LogP contribution in [0, 0.1) is 11.3 Å². The van der Waals surface area contributed by atoms with Crippen molar-refractivity contribution >= 4 is 10.0 Å². The maximum atomic E-state index is 12.1. The highest BCUT2D eigenvalue weighted by molar-refractivity contribution is 7.89. The summed E-state index contributed by atoms with van der Waals surface area (Å²) in [5.74, 6) is 0.225. The standard InChI is InChI=1S/C14H23NO3S/c1-11(14(2,3)4)9-15-19(17,18)13-7-5-6-12(8-13)10-16/h5-8,11,15-16H,9-10H2,1-4H3. The van der Waals surface area contributed by atoms with E-state index in [0.29, 0.717) is 12.1 Å². The van der Waals surface area contributed by atoms with Gasteiger partial charge in [-0.05, 0) is 29.0 Å². The Morgan fingerprint density at radius 2 is 1.95 bits per heavy atom. The third-order valence-corrected chi connectivity index (χ3v) is 4.87. The van der Waals surface area contributed by atoms with Crippen LogP contribution in [0.15, 0.2) is 29.2 Å². The molecule has 0 radical (unpaired) electrons. The molecule has 0 aliphatic carbocycles. The lowest BCUT2D eigenvalue weighted by Gasteiger charge is -2.27. The van der Waals surface area contributed by atoms with Crippen molar-refractivity contribution in [3.63, 3.8) is 0 Å². The minimum Gasteiger partial charge on any atom is -0.392 e. The van der Waals surface area contributed by atoms with Crippen LogP contribution in [0.5, 0.6) is 0 Å². The molecule has 1 unspecified atom stereocenters. The Bertz CT molecular complexity index is 518. The first-order valence-corrected chi connectivity index (χ1v) is 7.84. The average Bonchev–Trinajstić information content (AvgIpc) is 2.35. The van der Waals surface area contributed by atoms with Gasteiger partial charge in [-0.3, -0.25) is 0 Å². The van der Waals surface area contributed by atoms with Gasteiger partial charge < -0.3 is 5.11 Å². The summed E-state index contributed by atoms with van der Waals surface area (Å²) in [5.41, 5.74) is 0.641. The molecule has 108 valence electrons. The molecule has 1 rings (SSSR count). The molecule has 0 bridgehead atoms. The van der Waals surface area contributed by atoms with Gasteiger partial charge in [-0.2, -0.15) is 0 Å². The lowest BCUT2D eigenvalue weighted by atomic mass is 9.82. The molecule has 5 heteroatoms. The van der Waals surface area contributed by atoms with Crippen molar-refractivity contribution in [2.75, 3.05) is 6.54 Å². The zero-order valence-electron chi connectivity index (χ0n) is 12.0. The van der Waals surface area contributed by atoms with E-state index in [4.69, 9.17) is 5.11 Å². The van der Waals surface area contributed by atoms with E-state index in [2.05, 4.69) is 25.5 Å². The van der Waals surface area contributed by atoms with E-state index in [-0.39, 0.29) is 22.8 Å². The Balaban J connectivity index is 2.81. The third-order valence-electron chi connectivity index (χ3n) is 3.45. The van der Waals surface area contributed by atoms with Gasteiger partial charge >= 0.3 is 0 Å². The van der Waals surface area contributed by atoms with Crippen molar-refractivity contribution in [3.8, 4) is 0 Å². The van der Waals surface area contributed by atoms with E-state index in [1.54, 1.807) is 12.1 Å². The fourth-order valence-corrected chi connectivity index (χ4v) is 2.64. The Kier molecular flexibility index (Phi) is 5.12. The molecule has 1 aromatic carbocycles. The third kappa shape index (κ3) is 4.60. The Hall–Kier alpha value is -0.910. The van der Waals surface area contributed by atoms with Crippen LogP contribution in [0.2, 0.25) is 0 Å². The minimum absolute atomic E-state index is 0.0511. The molecule has 2 N–H and O–H groups in total. The fourth-order valence-electron chi connectivity index (χ4n) is 1.44. The van der Waals surface area contributed by atoms with E-state index in [1.807, 2.05) is 6.92 Å². The monoisotopic (exact) mass is 285 g/mol. The molecule has 1 aromatic rings. The molecule has 0 aliphatic heterocycles. The van der Waals surface area contributed by atoms with Crippen LogP contribution in [-0.2, 0) is 16.6 Å². The Morgan fingerprint density at radius 3 is 2.47 bits per heavy atom. The van der Waals surface area contributed by atoms with Gasteiger partial charge in [-0.1, -0.05) is 39.8 Å². The minimum atomic E-state index is -3.51. The molecule has 0 heterocycles. The van der Waals surface area contributed by atoms with Crippen molar-refractivity contribution in [1.29, 1.82) is 0 Å². The second-order valence-corrected chi connectivity index (χ2v) is 7.69. The second-order valence-electron chi connectivity index (χ2n) is 5.92. The number of aliphatic hydroxyl groups excluding tert-OH is 1. The quantitative estimate of drug-likeness (QED) is 0.871. The number of sulfonamides is 1. The summed E-state index contributed by atoms with van der Waals surface area (Å²) in [6, 6.07) is 6.34. The van der Waals surface area contributed by atoms with E-state index in [1.165, 1.54) is 12.1 Å². The zero-order valence-corrected chi connectivity index (χ0v) is 12.8. The fraction of sp³-hybridized carbons (Fsp3) is 0.571. The molecule has 0 saturated carbocycles. The number of hydrogen-bond donors (Lipinski definition) is 2. The van der Waals surface area contributed by atoms with Gasteiger partial charge in [0.2, 0.25) is 10.0 Å². The summed E-state index contributed by atoms with van der Waals surface area (Å²) in [7, 11) is -3.51. The normalized spacial score (nSPS) is 14.4. The first-order valence-electron chi connectivity index (χ1n) is 6.36. The maximum Gasteiger partial charge on any atom is 0.240 e. The van der Waals surface area contributed by atoms with Crippen LogP contribution in [-0.4, -0.2) is 20.1 Å². The number of aliphatic hydroxyl groups is 1. The number of nitrogens with one attached hydrogen (secondary N) is 1. The SMILES string of the molecule is CC(CNS(=O)(=O)c1cccc(CO)c1)C(C)(C)C. The molecule has 0 fully saturated rings. The molecule has 0 spiro atoms. The van der Waals surface area contributed by atoms with Gasteiger partial charge in [0, 0.05) is 6.54 Å². The van der Waals surface area contributed by atoms with E-state index in [0.717, 1.165) is 0 Å². The molecule has 1 atom stereocenters. The molecule has 0 amide bonds. The molecular formula is C14H23NO3S. The molecule has 0 saturated heterocycles. The van der Waals surface area contributed by atoms with Crippen LogP contribution in [0.25, 0.3) is 0 Å². The molecule has 4 nitrogen and oxygen atoms in total. The Labute approximate surface area is 115 Å². The van der Waals surface area contributed by atoms with Crippen LogP contribution >= 0.6 is 0 Å². The largest absolute Gasteiger partial charge is 0.392 e. The highest BCUT2D eigenvalue weighted by Crippen LogP contribution is 2.25.